The number of carbonyl (C=O) groups is 1. The Morgan fingerprint density at radius 3 is 2.38 bits per heavy atom. The molecule has 0 aliphatic heterocycles. The Hall–Kier alpha value is -3.63. The molecule has 1 aliphatic carbocycles. The summed E-state index contributed by atoms with van der Waals surface area (Å²) in [6.07, 6.45) is 0.188. The minimum absolute atomic E-state index is 0.122. The van der Waals surface area contributed by atoms with Gasteiger partial charge in [-0.2, -0.15) is 18.0 Å². The number of nitrogens with zero attached hydrogens (tertiary/aromatic N) is 6. The zero-order chi connectivity index (χ0) is 30.7. The van der Waals surface area contributed by atoms with Crippen LogP contribution >= 0.6 is 0 Å². The van der Waals surface area contributed by atoms with Crippen LogP contribution < -0.4 is 9.80 Å². The molecule has 4 rings (SSSR count). The third-order valence-electron chi connectivity index (χ3n) is 7.86. The monoisotopic (exact) mass is 586 g/mol. The number of aliphatic carboxylic acids is 1. The van der Waals surface area contributed by atoms with Crippen molar-refractivity contribution < 1.29 is 23.1 Å². The Morgan fingerprint density at radius 2 is 1.76 bits per heavy atom. The Morgan fingerprint density at radius 1 is 1.05 bits per heavy atom. The van der Waals surface area contributed by atoms with Crippen molar-refractivity contribution in [3.05, 3.63) is 63.7 Å². The molecule has 42 heavy (non-hydrogen) atoms. The molecule has 0 atom stereocenters. The number of carboxylic acids is 1. The lowest BCUT2D eigenvalue weighted by Crippen LogP contribution is -2.36. The SMILES string of the molecule is CCN(CC(C)(C)CCCC(=O)O)c1cc2c(cc1CN(Cc1cc(C)cc(C(F)(F)F)c1)c1nnn(C)n1)CCC2. The Kier molecular flexibility index (Phi) is 9.47. The molecule has 0 saturated heterocycles. The molecule has 1 heterocycles. The molecular formula is C31H41F3N6O2. The van der Waals surface area contributed by atoms with Gasteiger partial charge in [0.15, 0.2) is 0 Å². The summed E-state index contributed by atoms with van der Waals surface area (Å²) in [5.41, 5.74) is 5.01. The van der Waals surface area contributed by atoms with Gasteiger partial charge in [-0.3, -0.25) is 4.79 Å². The molecule has 228 valence electrons. The molecule has 0 amide bonds. The predicted molar refractivity (Wildman–Crippen MR) is 156 cm³/mol. The number of hydrogen-bond acceptors (Lipinski definition) is 6. The number of tetrazole rings is 1. The lowest BCUT2D eigenvalue weighted by molar-refractivity contribution is -0.138. The first-order chi connectivity index (χ1) is 19.7. The Balaban J connectivity index is 1.70. The van der Waals surface area contributed by atoms with E-state index >= 15 is 0 Å². The van der Waals surface area contributed by atoms with E-state index < -0.39 is 17.7 Å². The molecular weight excluding hydrogens is 545 g/mol. The molecule has 1 N–H and O–H groups in total. The quantitative estimate of drug-likeness (QED) is 0.250. The Bertz CT molecular complexity index is 1400. The van der Waals surface area contributed by atoms with E-state index in [4.69, 9.17) is 5.11 Å². The molecule has 0 unspecified atom stereocenters. The van der Waals surface area contributed by atoms with E-state index in [1.54, 1.807) is 20.0 Å². The minimum atomic E-state index is -4.44. The van der Waals surface area contributed by atoms with Crippen LogP contribution in [0, 0.1) is 12.3 Å². The summed E-state index contributed by atoms with van der Waals surface area (Å²) < 4.78 is 40.9. The maximum absolute atomic E-state index is 13.6. The van der Waals surface area contributed by atoms with Crippen LogP contribution in [-0.4, -0.2) is 44.4 Å². The Labute approximate surface area is 245 Å². The minimum Gasteiger partial charge on any atom is -0.481 e. The molecule has 11 heteroatoms. The summed E-state index contributed by atoms with van der Waals surface area (Å²) in [4.78, 5) is 16.7. The van der Waals surface area contributed by atoms with Gasteiger partial charge in [0.25, 0.3) is 5.95 Å². The van der Waals surface area contributed by atoms with E-state index in [9.17, 15) is 18.0 Å². The molecule has 0 spiro atoms. The maximum atomic E-state index is 13.6. The van der Waals surface area contributed by atoms with Gasteiger partial charge >= 0.3 is 12.1 Å². The summed E-state index contributed by atoms with van der Waals surface area (Å²) in [5.74, 6) is -0.441. The van der Waals surface area contributed by atoms with Crippen molar-refractivity contribution in [1.29, 1.82) is 0 Å². The number of halogens is 3. The van der Waals surface area contributed by atoms with Gasteiger partial charge in [-0.15, -0.1) is 5.10 Å². The number of benzene rings is 2. The molecule has 8 nitrogen and oxygen atoms in total. The summed E-state index contributed by atoms with van der Waals surface area (Å²) in [6, 6.07) is 8.62. The molecule has 0 saturated carbocycles. The first-order valence-corrected chi connectivity index (χ1v) is 14.5. The van der Waals surface area contributed by atoms with Crippen molar-refractivity contribution in [3.8, 4) is 0 Å². The van der Waals surface area contributed by atoms with Crippen LogP contribution in [0.4, 0.5) is 24.8 Å². The highest BCUT2D eigenvalue weighted by atomic mass is 19.4. The van der Waals surface area contributed by atoms with Crippen molar-refractivity contribution in [2.45, 2.75) is 85.5 Å². The summed E-state index contributed by atoms with van der Waals surface area (Å²) in [6.45, 7) is 10.2. The maximum Gasteiger partial charge on any atom is 0.416 e. The van der Waals surface area contributed by atoms with Crippen LogP contribution in [0.2, 0.25) is 0 Å². The number of carboxylic acid groups (broad SMARTS) is 1. The van der Waals surface area contributed by atoms with Crippen LogP contribution in [0.25, 0.3) is 0 Å². The zero-order valence-electron chi connectivity index (χ0n) is 25.1. The van der Waals surface area contributed by atoms with Gasteiger partial charge < -0.3 is 14.9 Å². The van der Waals surface area contributed by atoms with E-state index in [-0.39, 0.29) is 18.4 Å². The van der Waals surface area contributed by atoms with Crippen LogP contribution in [0.15, 0.2) is 30.3 Å². The molecule has 2 aromatic carbocycles. The third-order valence-corrected chi connectivity index (χ3v) is 7.86. The van der Waals surface area contributed by atoms with Gasteiger partial charge in [0.05, 0.1) is 12.6 Å². The van der Waals surface area contributed by atoms with Gasteiger partial charge in [-0.1, -0.05) is 36.6 Å². The van der Waals surface area contributed by atoms with Gasteiger partial charge in [0, 0.05) is 38.3 Å². The number of aromatic nitrogens is 4. The fourth-order valence-corrected chi connectivity index (χ4v) is 5.91. The standard InChI is InChI=1S/C31H41F3N6O2/c1-6-39(20-30(3,4)12-8-11-28(41)42)27-17-24-10-7-9-23(24)16-25(27)19-40(29-35-37-38(5)36-29)18-22-13-21(2)14-26(15-22)31(32,33)34/h13-17H,6-12,18-20H2,1-5H3,(H,41,42). The van der Waals surface area contributed by atoms with Crippen LogP contribution in [-0.2, 0) is 43.9 Å². The summed E-state index contributed by atoms with van der Waals surface area (Å²) in [5, 5.41) is 21.7. The van der Waals surface area contributed by atoms with E-state index in [0.717, 1.165) is 56.1 Å². The summed E-state index contributed by atoms with van der Waals surface area (Å²) in [7, 11) is 1.66. The molecule has 0 bridgehead atoms. The molecule has 0 fully saturated rings. The van der Waals surface area contributed by atoms with Crippen LogP contribution in [0.5, 0.6) is 0 Å². The van der Waals surface area contributed by atoms with E-state index in [1.807, 2.05) is 4.90 Å². The first kappa shape index (κ1) is 31.3. The average Bonchev–Trinajstić information content (AvgIpc) is 3.53. The van der Waals surface area contributed by atoms with Gasteiger partial charge in [0.1, 0.15) is 0 Å². The molecule has 1 aliphatic rings. The zero-order valence-corrected chi connectivity index (χ0v) is 25.1. The first-order valence-electron chi connectivity index (χ1n) is 14.5. The topological polar surface area (TPSA) is 87.4 Å². The van der Waals surface area contributed by atoms with E-state index in [0.29, 0.717) is 30.0 Å². The number of aryl methyl sites for hydroxylation is 4. The average molecular weight is 587 g/mol. The fourth-order valence-electron chi connectivity index (χ4n) is 5.91. The normalized spacial score (nSPS) is 13.3. The smallest absolute Gasteiger partial charge is 0.416 e. The fraction of sp³-hybridized carbons (Fsp3) is 0.548. The van der Waals surface area contributed by atoms with Crippen molar-refractivity contribution in [2.75, 3.05) is 22.9 Å². The van der Waals surface area contributed by atoms with Gasteiger partial charge in [-0.05, 0) is 97.0 Å². The number of anilines is 2. The lowest BCUT2D eigenvalue weighted by atomic mass is 9.86. The highest BCUT2D eigenvalue weighted by Gasteiger charge is 2.31. The summed E-state index contributed by atoms with van der Waals surface area (Å²) >= 11 is 0. The van der Waals surface area contributed by atoms with Crippen LogP contribution in [0.1, 0.15) is 79.8 Å². The van der Waals surface area contributed by atoms with Crippen molar-refractivity contribution in [3.63, 3.8) is 0 Å². The second-order valence-corrected chi connectivity index (χ2v) is 12.2. The second kappa shape index (κ2) is 12.7. The number of alkyl halides is 3. The van der Waals surface area contributed by atoms with Crippen molar-refractivity contribution >= 4 is 17.6 Å². The van der Waals surface area contributed by atoms with Crippen molar-refractivity contribution in [1.82, 2.24) is 20.2 Å². The second-order valence-electron chi connectivity index (χ2n) is 12.2. The predicted octanol–water partition coefficient (Wildman–Crippen LogP) is 6.34. The lowest BCUT2D eigenvalue weighted by Gasteiger charge is -2.36. The van der Waals surface area contributed by atoms with Gasteiger partial charge in [-0.25, -0.2) is 0 Å². The number of fused-ring (bicyclic) bond motifs is 1. The van der Waals surface area contributed by atoms with E-state index in [2.05, 4.69) is 53.2 Å². The number of hydrogen-bond donors (Lipinski definition) is 1. The van der Waals surface area contributed by atoms with Gasteiger partial charge in [0.2, 0.25) is 0 Å². The van der Waals surface area contributed by atoms with E-state index in [1.165, 1.54) is 22.0 Å². The molecule has 3 aromatic rings. The van der Waals surface area contributed by atoms with Crippen LogP contribution in [0.3, 0.4) is 0 Å². The largest absolute Gasteiger partial charge is 0.481 e. The third kappa shape index (κ3) is 8.01. The number of rotatable bonds is 13. The molecule has 0 radical (unpaired) electrons. The highest BCUT2D eigenvalue weighted by molar-refractivity contribution is 5.66. The highest BCUT2D eigenvalue weighted by Crippen LogP contribution is 2.36. The van der Waals surface area contributed by atoms with Crippen molar-refractivity contribution in [2.24, 2.45) is 12.5 Å². The molecule has 1 aromatic heterocycles.